The lowest BCUT2D eigenvalue weighted by molar-refractivity contribution is -0.134. The van der Waals surface area contributed by atoms with Crippen LogP contribution in [0.4, 0.5) is 0 Å². The van der Waals surface area contributed by atoms with Crippen LogP contribution in [0.2, 0.25) is 5.02 Å². The Balaban J connectivity index is 1.76. The molecule has 0 aliphatic carbocycles. The van der Waals surface area contributed by atoms with Crippen molar-refractivity contribution >= 4 is 29.3 Å². The maximum atomic E-state index is 12.3. The minimum Gasteiger partial charge on any atom is -0.339 e. The van der Waals surface area contributed by atoms with Gasteiger partial charge in [-0.05, 0) is 36.8 Å². The lowest BCUT2D eigenvalue weighted by Gasteiger charge is -2.21. The molecule has 122 valence electrons. The predicted molar refractivity (Wildman–Crippen MR) is 86.1 cm³/mol. The van der Waals surface area contributed by atoms with Gasteiger partial charge in [-0.3, -0.25) is 19.7 Å². The molecule has 8 heteroatoms. The van der Waals surface area contributed by atoms with Crippen LogP contribution in [0.5, 0.6) is 0 Å². The van der Waals surface area contributed by atoms with E-state index in [0.717, 1.165) is 5.56 Å². The molecule has 2 N–H and O–H groups in total. The fourth-order valence-corrected chi connectivity index (χ4v) is 2.41. The first-order chi connectivity index (χ1) is 11.5. The minimum atomic E-state index is -0.746. The molecule has 1 saturated heterocycles. The largest absolute Gasteiger partial charge is 0.339 e. The van der Waals surface area contributed by atoms with Gasteiger partial charge in [-0.1, -0.05) is 11.6 Å². The summed E-state index contributed by atoms with van der Waals surface area (Å²) in [6.45, 7) is 0. The highest BCUT2D eigenvalue weighted by atomic mass is 35.5. The van der Waals surface area contributed by atoms with Gasteiger partial charge in [0.15, 0.2) is 5.82 Å². The Bertz CT molecular complexity index is 807. The number of rotatable bonds is 3. The number of amides is 3. The van der Waals surface area contributed by atoms with E-state index in [0.29, 0.717) is 10.8 Å². The molecule has 1 unspecified atom stereocenters. The molecule has 3 rings (SSSR count). The van der Waals surface area contributed by atoms with E-state index in [1.54, 1.807) is 24.3 Å². The summed E-state index contributed by atoms with van der Waals surface area (Å²) >= 11 is 5.85. The van der Waals surface area contributed by atoms with Crippen molar-refractivity contribution in [1.29, 1.82) is 0 Å². The van der Waals surface area contributed by atoms with Crippen molar-refractivity contribution in [3.8, 4) is 11.4 Å². The van der Waals surface area contributed by atoms with Gasteiger partial charge in [0, 0.05) is 23.2 Å². The van der Waals surface area contributed by atoms with Crippen molar-refractivity contribution in [1.82, 2.24) is 20.6 Å². The third-order valence-electron chi connectivity index (χ3n) is 3.54. The van der Waals surface area contributed by atoms with Crippen LogP contribution >= 0.6 is 11.6 Å². The van der Waals surface area contributed by atoms with E-state index in [1.807, 2.05) is 0 Å². The zero-order chi connectivity index (χ0) is 17.1. The summed E-state index contributed by atoms with van der Waals surface area (Å²) < 4.78 is 0. The van der Waals surface area contributed by atoms with Crippen molar-refractivity contribution in [3.63, 3.8) is 0 Å². The number of nitrogens with zero attached hydrogens (tertiary/aromatic N) is 2. The summed E-state index contributed by atoms with van der Waals surface area (Å²) in [5.41, 5.74) is 0.856. The number of benzene rings is 1. The second-order valence-corrected chi connectivity index (χ2v) is 5.69. The van der Waals surface area contributed by atoms with Crippen molar-refractivity contribution in [2.24, 2.45) is 0 Å². The van der Waals surface area contributed by atoms with Crippen molar-refractivity contribution in [2.45, 2.75) is 18.9 Å². The van der Waals surface area contributed by atoms with Crippen molar-refractivity contribution in [2.75, 3.05) is 0 Å². The Kier molecular flexibility index (Phi) is 4.52. The molecule has 0 bridgehead atoms. The topological polar surface area (TPSA) is 101 Å². The molecule has 2 aromatic rings. The highest BCUT2D eigenvalue weighted by Crippen LogP contribution is 2.18. The first kappa shape index (κ1) is 16.1. The van der Waals surface area contributed by atoms with Gasteiger partial charge >= 0.3 is 0 Å². The van der Waals surface area contributed by atoms with Crippen LogP contribution in [0.3, 0.4) is 0 Å². The molecule has 1 aliphatic heterocycles. The summed E-state index contributed by atoms with van der Waals surface area (Å²) in [5, 5.41) is 5.36. The van der Waals surface area contributed by atoms with Gasteiger partial charge in [0.05, 0.1) is 0 Å². The van der Waals surface area contributed by atoms with Gasteiger partial charge < -0.3 is 5.32 Å². The van der Waals surface area contributed by atoms with E-state index in [2.05, 4.69) is 20.6 Å². The molecule has 0 spiro atoms. The average Bonchev–Trinajstić information content (AvgIpc) is 2.58. The highest BCUT2D eigenvalue weighted by Gasteiger charge is 2.28. The molecular formula is C16H13ClN4O3. The second-order valence-electron chi connectivity index (χ2n) is 5.25. The summed E-state index contributed by atoms with van der Waals surface area (Å²) in [4.78, 5) is 43.5. The van der Waals surface area contributed by atoms with Gasteiger partial charge in [0.25, 0.3) is 5.91 Å². The number of carbonyl (C=O) groups is 3. The number of nitrogens with one attached hydrogen (secondary N) is 2. The Morgan fingerprint density at radius 3 is 2.67 bits per heavy atom. The number of imide groups is 1. The molecule has 1 aliphatic rings. The van der Waals surface area contributed by atoms with Crippen LogP contribution in [0.1, 0.15) is 23.3 Å². The fraction of sp³-hybridized carbons (Fsp3) is 0.188. The molecule has 24 heavy (non-hydrogen) atoms. The summed E-state index contributed by atoms with van der Waals surface area (Å²) in [6, 6.07) is 7.62. The van der Waals surface area contributed by atoms with Crippen LogP contribution in [0.25, 0.3) is 11.4 Å². The number of aromatic nitrogens is 2. The molecule has 1 aromatic carbocycles. The Hall–Kier alpha value is -2.80. The zero-order valence-corrected chi connectivity index (χ0v) is 13.2. The van der Waals surface area contributed by atoms with Gasteiger partial charge in [-0.15, -0.1) is 0 Å². The number of hydrogen-bond acceptors (Lipinski definition) is 5. The number of piperidine rings is 1. The number of hydrogen-bond donors (Lipinski definition) is 2. The molecule has 0 saturated carbocycles. The van der Waals surface area contributed by atoms with E-state index in [4.69, 9.17) is 11.6 Å². The zero-order valence-electron chi connectivity index (χ0n) is 12.5. The lowest BCUT2D eigenvalue weighted by atomic mass is 10.1. The molecular weight excluding hydrogens is 332 g/mol. The summed E-state index contributed by atoms with van der Waals surface area (Å²) in [7, 11) is 0. The van der Waals surface area contributed by atoms with Crippen LogP contribution in [0.15, 0.2) is 36.5 Å². The molecule has 1 aromatic heterocycles. The molecule has 1 fully saturated rings. The van der Waals surface area contributed by atoms with Crippen LogP contribution in [-0.2, 0) is 9.59 Å². The monoisotopic (exact) mass is 344 g/mol. The standard InChI is InChI=1S/C16H13ClN4O3/c17-10-3-1-9(2-4-10)14-18-8-7-12(19-14)15(23)20-11-5-6-13(22)21-16(11)24/h1-4,7-8,11H,5-6H2,(H,20,23)(H,21,22,24). The highest BCUT2D eigenvalue weighted by molar-refractivity contribution is 6.30. The third-order valence-corrected chi connectivity index (χ3v) is 3.79. The molecule has 2 heterocycles. The van der Waals surface area contributed by atoms with E-state index in [9.17, 15) is 14.4 Å². The van der Waals surface area contributed by atoms with Gasteiger partial charge in [-0.25, -0.2) is 9.97 Å². The first-order valence-corrected chi connectivity index (χ1v) is 7.64. The normalized spacial score (nSPS) is 17.3. The maximum absolute atomic E-state index is 12.3. The molecule has 0 radical (unpaired) electrons. The van der Waals surface area contributed by atoms with E-state index in [1.165, 1.54) is 12.3 Å². The minimum absolute atomic E-state index is 0.139. The van der Waals surface area contributed by atoms with Crippen molar-refractivity contribution < 1.29 is 14.4 Å². The van der Waals surface area contributed by atoms with E-state index >= 15 is 0 Å². The van der Waals surface area contributed by atoms with E-state index in [-0.39, 0.29) is 24.4 Å². The fourth-order valence-electron chi connectivity index (χ4n) is 2.29. The van der Waals surface area contributed by atoms with Gasteiger partial charge in [0.2, 0.25) is 11.8 Å². The first-order valence-electron chi connectivity index (χ1n) is 7.26. The average molecular weight is 345 g/mol. The van der Waals surface area contributed by atoms with Gasteiger partial charge in [-0.2, -0.15) is 0 Å². The summed E-state index contributed by atoms with van der Waals surface area (Å²) in [6.07, 6.45) is 1.93. The Labute approximate surface area is 142 Å². The second kappa shape index (κ2) is 6.76. The van der Waals surface area contributed by atoms with Gasteiger partial charge in [0.1, 0.15) is 11.7 Å². The van der Waals surface area contributed by atoms with E-state index < -0.39 is 17.9 Å². The number of halogens is 1. The SMILES string of the molecule is O=C1CCC(NC(=O)c2ccnc(-c3ccc(Cl)cc3)n2)C(=O)N1. The maximum Gasteiger partial charge on any atom is 0.270 e. The summed E-state index contributed by atoms with van der Waals surface area (Å²) in [5.74, 6) is -0.964. The van der Waals surface area contributed by atoms with Crippen LogP contribution in [0, 0.1) is 0 Å². The third kappa shape index (κ3) is 3.57. The Morgan fingerprint density at radius 1 is 1.21 bits per heavy atom. The lowest BCUT2D eigenvalue weighted by Crippen LogP contribution is -2.52. The predicted octanol–water partition coefficient (Wildman–Crippen LogP) is 1.33. The molecule has 3 amide bonds. The van der Waals surface area contributed by atoms with Crippen LogP contribution in [-0.4, -0.2) is 33.7 Å². The smallest absolute Gasteiger partial charge is 0.270 e. The van der Waals surface area contributed by atoms with Crippen LogP contribution < -0.4 is 10.6 Å². The molecule has 1 atom stereocenters. The number of carbonyl (C=O) groups excluding carboxylic acids is 3. The quantitative estimate of drug-likeness (QED) is 0.818. The van der Waals surface area contributed by atoms with Crippen molar-refractivity contribution in [3.05, 3.63) is 47.2 Å². The Morgan fingerprint density at radius 2 is 1.96 bits per heavy atom. The molecule has 7 nitrogen and oxygen atoms in total.